The number of rotatable bonds is 4. The van der Waals surface area contributed by atoms with Crippen LogP contribution in [0, 0.1) is 23.7 Å². The van der Waals surface area contributed by atoms with E-state index in [1.807, 2.05) is 0 Å². The Morgan fingerprint density at radius 1 is 0.237 bits per heavy atom. The van der Waals surface area contributed by atoms with Crippen molar-refractivity contribution >= 4 is 0 Å². The maximum Gasteiger partial charge on any atom is 0.0255 e. The molecule has 0 spiro atoms. The normalized spacial score (nSPS) is 47.7. The van der Waals surface area contributed by atoms with Crippen LogP contribution in [-0.4, -0.2) is 48.3 Å². The van der Waals surface area contributed by atoms with E-state index in [-0.39, 0.29) is 0 Å². The molecule has 0 amide bonds. The van der Waals surface area contributed by atoms with E-state index in [1.165, 1.54) is 141 Å². The Morgan fingerprint density at radius 2 is 0.474 bits per heavy atom. The van der Waals surface area contributed by atoms with Gasteiger partial charge in [-0.2, -0.15) is 0 Å². The van der Waals surface area contributed by atoms with E-state index in [1.54, 1.807) is 0 Å². The highest BCUT2D eigenvalue weighted by Gasteiger charge is 2.47. The van der Waals surface area contributed by atoms with Gasteiger partial charge in [-0.3, -0.25) is 0 Å². The summed E-state index contributed by atoms with van der Waals surface area (Å²) in [5, 5.41) is 17.4. The molecule has 7 fully saturated rings. The van der Waals surface area contributed by atoms with Crippen molar-refractivity contribution in [3.63, 3.8) is 0 Å². The monoisotopic (exact) mass is 524 g/mol. The third kappa shape index (κ3) is 5.64. The molecule has 7 aliphatic rings. The Bertz CT molecular complexity index is 675. The maximum atomic E-state index is 4.37. The van der Waals surface area contributed by atoms with Crippen molar-refractivity contribution in [3.05, 3.63) is 0 Å². The fourth-order valence-corrected chi connectivity index (χ4v) is 11.0. The van der Waals surface area contributed by atoms with Gasteiger partial charge in [-0.05, 0) is 101 Å². The lowest BCUT2D eigenvalue weighted by atomic mass is 9.66. The van der Waals surface area contributed by atoms with Gasteiger partial charge in [0.1, 0.15) is 0 Å². The molecular formula is C34H60N4. The lowest BCUT2D eigenvalue weighted by Crippen LogP contribution is -2.71. The van der Waals surface area contributed by atoms with Crippen molar-refractivity contribution in [3.8, 4) is 0 Å². The van der Waals surface area contributed by atoms with Gasteiger partial charge >= 0.3 is 0 Å². The van der Waals surface area contributed by atoms with Crippen LogP contribution in [0.4, 0.5) is 0 Å². The third-order valence-corrected chi connectivity index (χ3v) is 13.1. The lowest BCUT2D eigenvalue weighted by Gasteiger charge is -2.54. The van der Waals surface area contributed by atoms with Gasteiger partial charge in [0.15, 0.2) is 0 Å². The SMILES string of the molecule is C1CCC(C2NC3CCCCC3NC2C2CCC(C3NC4CCCCC4NC3C3CCCCC3)CC2)CC1. The highest BCUT2D eigenvalue weighted by molar-refractivity contribution is 5.07. The van der Waals surface area contributed by atoms with Crippen LogP contribution in [0.3, 0.4) is 0 Å². The molecule has 4 N–H and O–H groups in total. The van der Waals surface area contributed by atoms with Gasteiger partial charge < -0.3 is 21.3 Å². The van der Waals surface area contributed by atoms with E-state index >= 15 is 0 Å². The van der Waals surface area contributed by atoms with E-state index in [0.717, 1.165) is 72.0 Å². The quantitative estimate of drug-likeness (QED) is 0.342. The molecule has 0 aromatic rings. The Balaban J connectivity index is 1.03. The predicted octanol–water partition coefficient (Wildman–Crippen LogP) is 6.44. The van der Waals surface area contributed by atoms with Gasteiger partial charge in [0.25, 0.3) is 0 Å². The second-order valence-corrected chi connectivity index (χ2v) is 15.2. The van der Waals surface area contributed by atoms with Crippen LogP contribution in [0.1, 0.15) is 141 Å². The fraction of sp³-hybridized carbons (Fsp3) is 1.00. The molecule has 8 unspecified atom stereocenters. The molecule has 0 radical (unpaired) electrons. The Labute approximate surface area is 234 Å². The van der Waals surface area contributed by atoms with Crippen molar-refractivity contribution in [1.82, 2.24) is 21.3 Å². The summed E-state index contributed by atoms with van der Waals surface area (Å²) in [4.78, 5) is 0. The number of piperazine rings is 2. The summed E-state index contributed by atoms with van der Waals surface area (Å²) in [5.41, 5.74) is 0. The van der Waals surface area contributed by atoms with Gasteiger partial charge in [0, 0.05) is 48.3 Å². The second-order valence-electron chi connectivity index (χ2n) is 15.2. The van der Waals surface area contributed by atoms with Crippen LogP contribution in [0.15, 0.2) is 0 Å². The zero-order valence-electron chi connectivity index (χ0n) is 24.5. The first-order valence-corrected chi connectivity index (χ1v) is 17.9. The standard InChI is InChI=1S/C34H60N4/c1-3-11-23(12-4-1)31-33(37-29-17-9-7-15-27(29)35-31)25-19-21-26(22-20-25)34-32(24-13-5-2-6-14-24)36-28-16-8-10-18-30(28)38-34/h23-38H,1-22H2. The van der Waals surface area contributed by atoms with Crippen LogP contribution in [-0.2, 0) is 0 Å². The van der Waals surface area contributed by atoms with Gasteiger partial charge in [-0.15, -0.1) is 0 Å². The summed E-state index contributed by atoms with van der Waals surface area (Å²) >= 11 is 0. The minimum Gasteiger partial charge on any atom is -0.308 e. The first-order chi connectivity index (χ1) is 18.8. The highest BCUT2D eigenvalue weighted by Crippen LogP contribution is 2.42. The molecule has 2 saturated heterocycles. The molecule has 0 aromatic heterocycles. The zero-order valence-corrected chi connectivity index (χ0v) is 24.5. The van der Waals surface area contributed by atoms with E-state index in [9.17, 15) is 0 Å². The van der Waals surface area contributed by atoms with Gasteiger partial charge in [-0.25, -0.2) is 0 Å². The summed E-state index contributed by atoms with van der Waals surface area (Å²) in [7, 11) is 0. The summed E-state index contributed by atoms with van der Waals surface area (Å²) in [5.74, 6) is 3.62. The molecule has 0 bridgehead atoms. The number of nitrogens with one attached hydrogen (secondary N) is 4. The average Bonchev–Trinajstić information content (AvgIpc) is 3.01. The minimum absolute atomic E-state index is 0.729. The predicted molar refractivity (Wildman–Crippen MR) is 158 cm³/mol. The molecule has 2 heterocycles. The van der Waals surface area contributed by atoms with Crippen LogP contribution in [0.5, 0.6) is 0 Å². The van der Waals surface area contributed by atoms with Crippen LogP contribution in [0.25, 0.3) is 0 Å². The van der Waals surface area contributed by atoms with Gasteiger partial charge in [-0.1, -0.05) is 64.2 Å². The molecule has 0 aromatic carbocycles. The van der Waals surface area contributed by atoms with Crippen molar-refractivity contribution < 1.29 is 0 Å². The van der Waals surface area contributed by atoms with Crippen molar-refractivity contribution in [1.29, 1.82) is 0 Å². The molecule has 2 aliphatic heterocycles. The third-order valence-electron chi connectivity index (χ3n) is 13.1. The number of fused-ring (bicyclic) bond motifs is 2. The summed E-state index contributed by atoms with van der Waals surface area (Å²) in [6, 6.07) is 5.93. The van der Waals surface area contributed by atoms with Crippen LogP contribution in [0.2, 0.25) is 0 Å². The van der Waals surface area contributed by atoms with Crippen LogP contribution < -0.4 is 21.3 Å². The van der Waals surface area contributed by atoms with Crippen molar-refractivity contribution in [2.75, 3.05) is 0 Å². The molecule has 8 atom stereocenters. The second kappa shape index (κ2) is 12.4. The molecule has 7 rings (SSSR count). The molecule has 216 valence electrons. The summed E-state index contributed by atoms with van der Waals surface area (Å²) in [6.45, 7) is 0. The molecule has 4 nitrogen and oxygen atoms in total. The largest absolute Gasteiger partial charge is 0.308 e. The Kier molecular flexibility index (Phi) is 8.70. The molecule has 5 aliphatic carbocycles. The van der Waals surface area contributed by atoms with E-state index < -0.39 is 0 Å². The fourth-order valence-electron chi connectivity index (χ4n) is 11.0. The Hall–Kier alpha value is -0.160. The van der Waals surface area contributed by atoms with E-state index in [0.29, 0.717) is 0 Å². The Morgan fingerprint density at radius 3 is 0.763 bits per heavy atom. The minimum atomic E-state index is 0.729. The lowest BCUT2D eigenvalue weighted by molar-refractivity contribution is 0.0458. The average molecular weight is 525 g/mol. The zero-order chi connectivity index (χ0) is 25.3. The highest BCUT2D eigenvalue weighted by atomic mass is 15.2. The first-order valence-electron chi connectivity index (χ1n) is 17.9. The summed E-state index contributed by atoms with van der Waals surface area (Å²) < 4.78 is 0. The molecular weight excluding hydrogens is 464 g/mol. The number of hydrogen-bond acceptors (Lipinski definition) is 4. The maximum absolute atomic E-state index is 4.37. The summed E-state index contributed by atoms with van der Waals surface area (Å²) in [6.07, 6.45) is 32.0. The molecule has 5 saturated carbocycles. The van der Waals surface area contributed by atoms with Gasteiger partial charge in [0.05, 0.1) is 0 Å². The van der Waals surface area contributed by atoms with E-state index in [2.05, 4.69) is 21.3 Å². The van der Waals surface area contributed by atoms with Crippen molar-refractivity contribution in [2.24, 2.45) is 23.7 Å². The topological polar surface area (TPSA) is 48.1 Å². The molecule has 38 heavy (non-hydrogen) atoms. The van der Waals surface area contributed by atoms with Crippen LogP contribution >= 0.6 is 0 Å². The van der Waals surface area contributed by atoms with Crippen molar-refractivity contribution in [2.45, 2.75) is 190 Å². The smallest absolute Gasteiger partial charge is 0.0255 e. The number of hydrogen-bond donors (Lipinski definition) is 4. The van der Waals surface area contributed by atoms with E-state index in [4.69, 9.17) is 0 Å². The van der Waals surface area contributed by atoms with Gasteiger partial charge in [0.2, 0.25) is 0 Å². The molecule has 4 heteroatoms. The first kappa shape index (κ1) is 26.7.